The van der Waals surface area contributed by atoms with Crippen LogP contribution in [0.4, 0.5) is 0 Å². The molecule has 2 fully saturated rings. The summed E-state index contributed by atoms with van der Waals surface area (Å²) < 4.78 is 0. The van der Waals surface area contributed by atoms with Crippen molar-refractivity contribution in [1.82, 2.24) is 15.1 Å². The molecule has 26 heavy (non-hydrogen) atoms. The lowest BCUT2D eigenvalue weighted by Crippen LogP contribution is -2.44. The smallest absolute Gasteiger partial charge is 0.193 e. The fourth-order valence-electron chi connectivity index (χ4n) is 3.73. The highest BCUT2D eigenvalue weighted by molar-refractivity contribution is 14.0. The zero-order chi connectivity index (χ0) is 17.3. The highest BCUT2D eigenvalue weighted by atomic mass is 127. The SMILES string of the molecule is CN=C(NCCN1CCCCC1)N1CCC(CSc2ccccc2)C1.I. The second-order valence-electron chi connectivity index (χ2n) is 7.10. The zero-order valence-electron chi connectivity index (χ0n) is 15.9. The van der Waals surface area contributed by atoms with Crippen molar-refractivity contribution in [3.05, 3.63) is 30.3 Å². The van der Waals surface area contributed by atoms with Crippen molar-refractivity contribution < 1.29 is 0 Å². The van der Waals surface area contributed by atoms with Crippen LogP contribution in [0.15, 0.2) is 40.2 Å². The first kappa shape index (κ1) is 21.8. The number of benzene rings is 1. The van der Waals surface area contributed by atoms with Crippen LogP contribution in [0.2, 0.25) is 0 Å². The Hall–Kier alpha value is -0.470. The van der Waals surface area contributed by atoms with Gasteiger partial charge in [-0.3, -0.25) is 4.99 Å². The third-order valence-electron chi connectivity index (χ3n) is 5.19. The summed E-state index contributed by atoms with van der Waals surface area (Å²) >= 11 is 1.98. The first-order valence-electron chi connectivity index (χ1n) is 9.71. The quantitative estimate of drug-likeness (QED) is 0.286. The summed E-state index contributed by atoms with van der Waals surface area (Å²) in [4.78, 5) is 10.9. The summed E-state index contributed by atoms with van der Waals surface area (Å²) in [6.07, 6.45) is 5.40. The fourth-order valence-corrected chi connectivity index (χ4v) is 4.78. The summed E-state index contributed by atoms with van der Waals surface area (Å²) in [5.41, 5.74) is 0. The number of hydrogen-bond acceptors (Lipinski definition) is 3. The van der Waals surface area contributed by atoms with E-state index in [0.717, 1.165) is 38.1 Å². The fraction of sp³-hybridized carbons (Fsp3) is 0.650. The normalized spacial score (nSPS) is 21.5. The van der Waals surface area contributed by atoms with Gasteiger partial charge in [0.2, 0.25) is 0 Å². The monoisotopic (exact) mass is 488 g/mol. The molecule has 0 radical (unpaired) electrons. The van der Waals surface area contributed by atoms with Crippen LogP contribution < -0.4 is 5.32 Å². The van der Waals surface area contributed by atoms with Gasteiger partial charge in [0.25, 0.3) is 0 Å². The van der Waals surface area contributed by atoms with Crippen molar-refractivity contribution in [3.8, 4) is 0 Å². The summed E-state index contributed by atoms with van der Waals surface area (Å²) in [5.74, 6) is 3.04. The van der Waals surface area contributed by atoms with Gasteiger partial charge in [0, 0.05) is 43.9 Å². The van der Waals surface area contributed by atoms with E-state index in [2.05, 4.69) is 50.4 Å². The highest BCUT2D eigenvalue weighted by Gasteiger charge is 2.24. The third-order valence-corrected chi connectivity index (χ3v) is 6.43. The van der Waals surface area contributed by atoms with E-state index in [-0.39, 0.29) is 24.0 Å². The van der Waals surface area contributed by atoms with E-state index >= 15 is 0 Å². The second kappa shape index (κ2) is 12.1. The maximum atomic E-state index is 4.51. The van der Waals surface area contributed by atoms with E-state index in [9.17, 15) is 0 Å². The van der Waals surface area contributed by atoms with E-state index in [1.807, 2.05) is 18.8 Å². The molecule has 0 bridgehead atoms. The Kier molecular flexibility index (Phi) is 10.1. The van der Waals surface area contributed by atoms with Gasteiger partial charge in [-0.1, -0.05) is 24.6 Å². The molecular weight excluding hydrogens is 455 g/mol. The zero-order valence-corrected chi connectivity index (χ0v) is 19.0. The lowest BCUT2D eigenvalue weighted by Gasteiger charge is -2.28. The largest absolute Gasteiger partial charge is 0.355 e. The number of nitrogens with zero attached hydrogens (tertiary/aromatic N) is 3. The molecule has 1 unspecified atom stereocenters. The number of aliphatic imine (C=N–C) groups is 1. The van der Waals surface area contributed by atoms with Crippen LogP contribution in [0, 0.1) is 5.92 Å². The minimum Gasteiger partial charge on any atom is -0.355 e. The number of likely N-dealkylation sites (tertiary alicyclic amines) is 2. The molecule has 0 saturated carbocycles. The number of halogens is 1. The molecule has 4 nitrogen and oxygen atoms in total. The van der Waals surface area contributed by atoms with E-state index in [0.29, 0.717) is 0 Å². The van der Waals surface area contributed by atoms with E-state index in [1.54, 1.807) is 0 Å². The minimum absolute atomic E-state index is 0. The molecule has 6 heteroatoms. The lowest BCUT2D eigenvalue weighted by molar-refractivity contribution is 0.231. The van der Waals surface area contributed by atoms with Crippen molar-refractivity contribution in [3.63, 3.8) is 0 Å². The van der Waals surface area contributed by atoms with Gasteiger partial charge in [-0.15, -0.1) is 35.7 Å². The number of hydrogen-bond donors (Lipinski definition) is 1. The molecule has 2 heterocycles. The average molecular weight is 488 g/mol. The molecule has 0 aromatic heterocycles. The lowest BCUT2D eigenvalue weighted by atomic mass is 10.1. The predicted octanol–water partition coefficient (Wildman–Crippen LogP) is 3.78. The Bertz CT molecular complexity index is 534. The molecule has 2 aliphatic heterocycles. The predicted molar refractivity (Wildman–Crippen MR) is 124 cm³/mol. The molecule has 2 saturated heterocycles. The number of piperidine rings is 1. The number of thioether (sulfide) groups is 1. The summed E-state index contributed by atoms with van der Waals surface area (Å²) in [5, 5.41) is 3.58. The van der Waals surface area contributed by atoms with Crippen molar-refractivity contribution in [2.45, 2.75) is 30.6 Å². The van der Waals surface area contributed by atoms with Gasteiger partial charge in [-0.2, -0.15) is 0 Å². The van der Waals surface area contributed by atoms with Gasteiger partial charge in [0.15, 0.2) is 5.96 Å². The van der Waals surface area contributed by atoms with Crippen LogP contribution in [0.3, 0.4) is 0 Å². The molecule has 1 aromatic carbocycles. The van der Waals surface area contributed by atoms with Gasteiger partial charge >= 0.3 is 0 Å². The van der Waals surface area contributed by atoms with Crippen molar-refractivity contribution in [2.24, 2.45) is 10.9 Å². The maximum Gasteiger partial charge on any atom is 0.193 e. The van der Waals surface area contributed by atoms with Gasteiger partial charge in [0.1, 0.15) is 0 Å². The van der Waals surface area contributed by atoms with Crippen LogP contribution in [0.1, 0.15) is 25.7 Å². The van der Waals surface area contributed by atoms with Gasteiger partial charge < -0.3 is 15.1 Å². The first-order chi connectivity index (χ1) is 12.3. The maximum absolute atomic E-state index is 4.51. The highest BCUT2D eigenvalue weighted by Crippen LogP contribution is 2.25. The average Bonchev–Trinajstić information content (AvgIpc) is 3.14. The van der Waals surface area contributed by atoms with Crippen molar-refractivity contribution in [1.29, 1.82) is 0 Å². The Balaban J connectivity index is 0.00000243. The molecule has 1 N–H and O–H groups in total. The Morgan fingerprint density at radius 3 is 2.65 bits per heavy atom. The van der Waals surface area contributed by atoms with Crippen molar-refractivity contribution in [2.75, 3.05) is 52.1 Å². The van der Waals surface area contributed by atoms with Crippen LogP contribution in [-0.4, -0.2) is 67.8 Å². The molecular formula is C20H33IN4S. The van der Waals surface area contributed by atoms with Crippen LogP contribution >= 0.6 is 35.7 Å². The van der Waals surface area contributed by atoms with Gasteiger partial charge in [-0.05, 0) is 50.4 Å². The summed E-state index contributed by atoms with van der Waals surface area (Å²) in [6.45, 7) is 6.94. The topological polar surface area (TPSA) is 30.9 Å². The van der Waals surface area contributed by atoms with Gasteiger partial charge in [0.05, 0.1) is 0 Å². The Morgan fingerprint density at radius 2 is 1.92 bits per heavy atom. The second-order valence-corrected chi connectivity index (χ2v) is 8.19. The summed E-state index contributed by atoms with van der Waals surface area (Å²) in [6, 6.07) is 10.7. The first-order valence-corrected chi connectivity index (χ1v) is 10.7. The number of rotatable bonds is 6. The molecule has 2 aliphatic rings. The molecule has 3 rings (SSSR count). The van der Waals surface area contributed by atoms with E-state index in [4.69, 9.17) is 0 Å². The Morgan fingerprint density at radius 1 is 1.15 bits per heavy atom. The number of guanidine groups is 1. The molecule has 146 valence electrons. The van der Waals surface area contributed by atoms with Crippen LogP contribution in [-0.2, 0) is 0 Å². The standard InChI is InChI=1S/C20H32N4S.HI/c1-21-20(22-11-15-23-12-6-3-7-13-23)24-14-10-18(16-24)17-25-19-8-4-2-5-9-19;/h2,4-5,8-9,18H,3,6-7,10-17H2,1H3,(H,21,22);1H. The molecule has 0 amide bonds. The van der Waals surface area contributed by atoms with E-state index in [1.165, 1.54) is 49.4 Å². The molecule has 0 spiro atoms. The van der Waals surface area contributed by atoms with Gasteiger partial charge in [-0.25, -0.2) is 0 Å². The Labute approximate surface area is 180 Å². The molecule has 1 aromatic rings. The third kappa shape index (κ3) is 6.93. The molecule has 1 atom stereocenters. The minimum atomic E-state index is 0. The van der Waals surface area contributed by atoms with E-state index < -0.39 is 0 Å². The van der Waals surface area contributed by atoms with Crippen LogP contribution in [0.25, 0.3) is 0 Å². The molecule has 0 aliphatic carbocycles. The van der Waals surface area contributed by atoms with Crippen LogP contribution in [0.5, 0.6) is 0 Å². The number of nitrogens with one attached hydrogen (secondary N) is 1. The summed E-state index contributed by atoms with van der Waals surface area (Å²) in [7, 11) is 1.91. The van der Waals surface area contributed by atoms with Crippen molar-refractivity contribution >= 4 is 41.7 Å².